The van der Waals surface area contributed by atoms with E-state index in [1.165, 1.54) is 12.1 Å². The van der Waals surface area contributed by atoms with Gasteiger partial charge in [0.25, 0.3) is 0 Å². The monoisotopic (exact) mass is 423 g/mol. The van der Waals surface area contributed by atoms with Crippen molar-refractivity contribution in [2.24, 2.45) is 17.0 Å². The first-order valence-corrected chi connectivity index (χ1v) is 11.1. The Bertz CT molecular complexity index is 653. The number of aliphatic hydroxyl groups excluding tert-OH is 2. The van der Waals surface area contributed by atoms with Crippen molar-refractivity contribution in [1.29, 1.82) is 0 Å². The predicted octanol–water partition coefficient (Wildman–Crippen LogP) is 4.46. The highest BCUT2D eigenvalue weighted by Gasteiger charge is 2.42. The van der Waals surface area contributed by atoms with Gasteiger partial charge in [0, 0.05) is 6.42 Å². The molecule has 0 saturated heterocycles. The molecule has 3 N–H and O–H groups in total. The molecule has 5 unspecified atom stereocenters. The van der Waals surface area contributed by atoms with Crippen molar-refractivity contribution in [3.8, 4) is 0 Å². The molecule has 6 nitrogen and oxygen atoms in total. The fraction of sp³-hybridized carbons (Fsp3) is 0.696. The maximum Gasteiger partial charge on any atom is 0.303 e. The van der Waals surface area contributed by atoms with Gasteiger partial charge in [0.05, 0.1) is 18.2 Å². The number of aliphatic hydroxyl groups is 2. The van der Waals surface area contributed by atoms with Gasteiger partial charge in [-0.05, 0) is 74.5 Å². The Morgan fingerprint density at radius 3 is 2.43 bits per heavy atom. The lowest BCUT2D eigenvalue weighted by Crippen LogP contribution is -2.23. The van der Waals surface area contributed by atoms with Crippen LogP contribution in [0.4, 0.5) is 4.39 Å². The molecule has 2 rings (SSSR count). The van der Waals surface area contributed by atoms with Gasteiger partial charge in [-0.3, -0.25) is 4.79 Å². The van der Waals surface area contributed by atoms with Gasteiger partial charge in [0.1, 0.15) is 5.82 Å². The summed E-state index contributed by atoms with van der Waals surface area (Å²) in [6, 6.07) is 5.84. The second kappa shape index (κ2) is 12.7. The van der Waals surface area contributed by atoms with Gasteiger partial charge in [-0.2, -0.15) is 4.91 Å². The number of unbranched alkanes of at least 4 members (excludes halogenated alkanes) is 3. The zero-order chi connectivity index (χ0) is 21.9. The van der Waals surface area contributed by atoms with Crippen LogP contribution in [0.15, 0.2) is 29.4 Å². The largest absolute Gasteiger partial charge is 0.481 e. The smallest absolute Gasteiger partial charge is 0.303 e. The number of nitrogens with zero attached hydrogens (tertiary/aromatic N) is 1. The van der Waals surface area contributed by atoms with Gasteiger partial charge < -0.3 is 15.3 Å². The third-order valence-corrected chi connectivity index (χ3v) is 6.35. The fourth-order valence-electron chi connectivity index (χ4n) is 4.63. The number of carbonyl (C=O) groups is 1. The minimum atomic E-state index is -0.779. The Hall–Kier alpha value is -1.86. The molecule has 30 heavy (non-hydrogen) atoms. The highest BCUT2D eigenvalue weighted by Crippen LogP contribution is 2.41. The number of aliphatic carboxylic acids is 1. The SMILES string of the molecule is O=NC1CC(O)C(CCCCCCC(=O)O)C1CCC(O)CCc1ccc(F)cc1. The number of nitroso groups, excluding NO2 is 1. The lowest BCUT2D eigenvalue weighted by Gasteiger charge is -2.24. The number of carboxylic acid groups (broad SMARTS) is 1. The van der Waals surface area contributed by atoms with Crippen LogP contribution in [0.3, 0.4) is 0 Å². The molecular formula is C23H34FNO5. The summed E-state index contributed by atoms with van der Waals surface area (Å²) in [4.78, 5) is 21.8. The van der Waals surface area contributed by atoms with Crippen molar-refractivity contribution in [2.45, 2.75) is 88.9 Å². The van der Waals surface area contributed by atoms with Crippen LogP contribution >= 0.6 is 0 Å². The Morgan fingerprint density at radius 1 is 1.07 bits per heavy atom. The molecule has 0 radical (unpaired) electrons. The third-order valence-electron chi connectivity index (χ3n) is 6.35. The Labute approximate surface area is 177 Å². The average Bonchev–Trinajstić information content (AvgIpc) is 3.03. The third kappa shape index (κ3) is 8.11. The summed E-state index contributed by atoms with van der Waals surface area (Å²) in [5.74, 6) is -1.09. The summed E-state index contributed by atoms with van der Waals surface area (Å²) < 4.78 is 13.0. The van der Waals surface area contributed by atoms with Crippen molar-refractivity contribution in [1.82, 2.24) is 0 Å². The molecule has 1 fully saturated rings. The molecule has 1 aromatic carbocycles. The fourth-order valence-corrected chi connectivity index (χ4v) is 4.63. The molecule has 0 heterocycles. The van der Waals surface area contributed by atoms with Crippen molar-refractivity contribution in [2.75, 3.05) is 0 Å². The number of halogens is 1. The molecule has 0 aliphatic heterocycles. The highest BCUT2D eigenvalue weighted by molar-refractivity contribution is 5.66. The molecule has 1 saturated carbocycles. The molecule has 1 aromatic rings. The quantitative estimate of drug-likeness (QED) is 0.303. The van der Waals surface area contributed by atoms with Gasteiger partial charge in [-0.25, -0.2) is 4.39 Å². The number of hydrogen-bond donors (Lipinski definition) is 3. The van der Waals surface area contributed by atoms with Crippen LogP contribution in [0, 0.1) is 22.6 Å². The van der Waals surface area contributed by atoms with E-state index in [1.807, 2.05) is 0 Å². The molecule has 0 aromatic heterocycles. The van der Waals surface area contributed by atoms with Crippen LogP contribution in [-0.2, 0) is 11.2 Å². The van der Waals surface area contributed by atoms with E-state index in [0.717, 1.165) is 31.2 Å². The average molecular weight is 424 g/mol. The summed E-state index contributed by atoms with van der Waals surface area (Å²) in [6.45, 7) is 0. The summed E-state index contributed by atoms with van der Waals surface area (Å²) in [5, 5.41) is 32.7. The highest BCUT2D eigenvalue weighted by atomic mass is 19.1. The first kappa shape index (κ1) is 24.4. The summed E-state index contributed by atoms with van der Waals surface area (Å²) in [5.41, 5.74) is 0.972. The lowest BCUT2D eigenvalue weighted by atomic mass is 9.84. The second-order valence-electron chi connectivity index (χ2n) is 8.55. The number of aryl methyl sites for hydroxylation is 1. The molecule has 5 atom stereocenters. The standard InChI is InChI=1S/C23H34FNO5/c24-17-10-7-16(8-11-17)9-12-18(26)13-14-19-20(22(27)15-21(19)25-30)5-3-1-2-4-6-23(28)29/h7-8,10-11,18-22,26-27H,1-6,9,12-15H2,(H,28,29). The molecule has 0 amide bonds. The van der Waals surface area contributed by atoms with Gasteiger partial charge in [0.15, 0.2) is 0 Å². The normalized spacial score (nSPS) is 24.6. The molecular weight excluding hydrogens is 389 g/mol. The molecule has 0 bridgehead atoms. The van der Waals surface area contributed by atoms with Crippen LogP contribution in [-0.4, -0.2) is 39.5 Å². The van der Waals surface area contributed by atoms with E-state index >= 15 is 0 Å². The zero-order valence-electron chi connectivity index (χ0n) is 17.5. The summed E-state index contributed by atoms with van der Waals surface area (Å²) in [7, 11) is 0. The van der Waals surface area contributed by atoms with E-state index in [0.29, 0.717) is 38.5 Å². The van der Waals surface area contributed by atoms with Crippen LogP contribution < -0.4 is 0 Å². The van der Waals surface area contributed by atoms with Crippen molar-refractivity contribution < 1.29 is 24.5 Å². The summed E-state index contributed by atoms with van der Waals surface area (Å²) >= 11 is 0. The number of hydrogen-bond acceptors (Lipinski definition) is 5. The lowest BCUT2D eigenvalue weighted by molar-refractivity contribution is -0.137. The van der Waals surface area contributed by atoms with Crippen LogP contribution in [0.5, 0.6) is 0 Å². The van der Waals surface area contributed by atoms with Gasteiger partial charge in [-0.15, -0.1) is 0 Å². The second-order valence-corrected chi connectivity index (χ2v) is 8.55. The van der Waals surface area contributed by atoms with Crippen molar-refractivity contribution >= 4 is 5.97 Å². The summed E-state index contributed by atoms with van der Waals surface area (Å²) in [6.07, 6.45) is 5.98. The van der Waals surface area contributed by atoms with Crippen molar-refractivity contribution in [3.63, 3.8) is 0 Å². The topological polar surface area (TPSA) is 107 Å². The maximum absolute atomic E-state index is 13.0. The van der Waals surface area contributed by atoms with Crippen LogP contribution in [0.2, 0.25) is 0 Å². The minimum Gasteiger partial charge on any atom is -0.481 e. The van der Waals surface area contributed by atoms with E-state index in [-0.39, 0.29) is 24.1 Å². The van der Waals surface area contributed by atoms with Gasteiger partial charge >= 0.3 is 5.97 Å². The number of benzene rings is 1. The zero-order valence-corrected chi connectivity index (χ0v) is 17.5. The van der Waals surface area contributed by atoms with Gasteiger partial charge in [0.2, 0.25) is 0 Å². The van der Waals surface area contributed by atoms with E-state index in [1.54, 1.807) is 12.1 Å². The first-order chi connectivity index (χ1) is 14.4. The van der Waals surface area contributed by atoms with E-state index < -0.39 is 24.2 Å². The molecule has 7 heteroatoms. The van der Waals surface area contributed by atoms with E-state index in [2.05, 4.69) is 5.18 Å². The van der Waals surface area contributed by atoms with E-state index in [9.17, 15) is 24.3 Å². The van der Waals surface area contributed by atoms with Gasteiger partial charge in [-0.1, -0.05) is 36.6 Å². The molecule has 1 aliphatic rings. The van der Waals surface area contributed by atoms with Crippen molar-refractivity contribution in [3.05, 3.63) is 40.6 Å². The number of rotatable bonds is 14. The Morgan fingerprint density at radius 2 is 1.77 bits per heavy atom. The molecule has 0 spiro atoms. The first-order valence-electron chi connectivity index (χ1n) is 11.1. The Kier molecular flexibility index (Phi) is 10.4. The predicted molar refractivity (Wildman–Crippen MR) is 112 cm³/mol. The van der Waals surface area contributed by atoms with Crippen LogP contribution in [0.25, 0.3) is 0 Å². The minimum absolute atomic E-state index is 0.00327. The molecule has 168 valence electrons. The van der Waals surface area contributed by atoms with E-state index in [4.69, 9.17) is 5.11 Å². The van der Waals surface area contributed by atoms with Crippen LogP contribution in [0.1, 0.15) is 69.8 Å². The Balaban J connectivity index is 1.75. The molecule has 1 aliphatic carbocycles. The number of carboxylic acids is 1. The maximum atomic E-state index is 13.0.